The maximum Gasteiger partial charge on any atom is 0.0399 e. The van der Waals surface area contributed by atoms with Gasteiger partial charge in [0.25, 0.3) is 0 Å². The summed E-state index contributed by atoms with van der Waals surface area (Å²) in [7, 11) is 0. The van der Waals surface area contributed by atoms with E-state index in [2.05, 4.69) is 35.7 Å². The highest BCUT2D eigenvalue weighted by Crippen LogP contribution is 2.26. The Labute approximate surface area is 97.8 Å². The number of nitrogens with two attached hydrogens (primary N) is 1. The Kier molecular flexibility index (Phi) is 3.62. The number of rotatable bonds is 4. The summed E-state index contributed by atoms with van der Waals surface area (Å²) < 4.78 is 0. The standard InChI is InChI=1S/C14H20N2/c1-2-3-6-9-16-11-13(15)10-12-7-4-5-8-14(12)16/h2,4-5,7-8,13H,1,3,6,9-11,15H2. The van der Waals surface area contributed by atoms with Crippen molar-refractivity contribution in [3.05, 3.63) is 42.5 Å². The second-order valence-corrected chi connectivity index (χ2v) is 4.47. The fraction of sp³-hybridized carbons (Fsp3) is 0.429. The van der Waals surface area contributed by atoms with Gasteiger partial charge in [0.15, 0.2) is 0 Å². The van der Waals surface area contributed by atoms with Gasteiger partial charge in [-0.3, -0.25) is 0 Å². The SMILES string of the molecule is C=CCCCN1CC(N)Cc2ccccc21. The monoisotopic (exact) mass is 216 g/mol. The Bertz CT molecular complexity index is 360. The Morgan fingerprint density at radius 1 is 1.44 bits per heavy atom. The molecule has 2 heteroatoms. The summed E-state index contributed by atoms with van der Waals surface area (Å²) in [5.74, 6) is 0. The molecule has 0 aliphatic carbocycles. The number of hydrogen-bond donors (Lipinski definition) is 1. The van der Waals surface area contributed by atoms with Gasteiger partial charge >= 0.3 is 0 Å². The number of fused-ring (bicyclic) bond motifs is 1. The van der Waals surface area contributed by atoms with Crippen molar-refractivity contribution in [1.82, 2.24) is 0 Å². The van der Waals surface area contributed by atoms with E-state index >= 15 is 0 Å². The number of hydrogen-bond acceptors (Lipinski definition) is 2. The van der Waals surface area contributed by atoms with E-state index in [4.69, 9.17) is 5.73 Å². The van der Waals surface area contributed by atoms with Crippen LogP contribution < -0.4 is 10.6 Å². The van der Waals surface area contributed by atoms with Crippen LogP contribution in [0, 0.1) is 0 Å². The lowest BCUT2D eigenvalue weighted by Crippen LogP contribution is -2.43. The fourth-order valence-electron chi connectivity index (χ4n) is 2.36. The van der Waals surface area contributed by atoms with Gasteiger partial charge in [0.2, 0.25) is 0 Å². The number of anilines is 1. The number of allylic oxidation sites excluding steroid dienone is 1. The molecule has 0 bridgehead atoms. The third kappa shape index (κ3) is 2.45. The van der Waals surface area contributed by atoms with E-state index < -0.39 is 0 Å². The molecule has 1 aliphatic rings. The molecule has 1 aromatic carbocycles. The average molecular weight is 216 g/mol. The van der Waals surface area contributed by atoms with E-state index in [0.29, 0.717) is 0 Å². The lowest BCUT2D eigenvalue weighted by Gasteiger charge is -2.34. The van der Waals surface area contributed by atoms with Gasteiger partial charge < -0.3 is 10.6 Å². The van der Waals surface area contributed by atoms with Gasteiger partial charge in [-0.15, -0.1) is 6.58 Å². The van der Waals surface area contributed by atoms with Gasteiger partial charge in [0.1, 0.15) is 0 Å². The van der Waals surface area contributed by atoms with Crippen LogP contribution in [0.5, 0.6) is 0 Å². The minimum absolute atomic E-state index is 0.277. The first-order valence-electron chi connectivity index (χ1n) is 6.00. The third-order valence-corrected chi connectivity index (χ3v) is 3.11. The van der Waals surface area contributed by atoms with Crippen molar-refractivity contribution in [1.29, 1.82) is 0 Å². The highest BCUT2D eigenvalue weighted by molar-refractivity contribution is 5.56. The summed E-state index contributed by atoms with van der Waals surface area (Å²) in [5.41, 5.74) is 8.84. The Morgan fingerprint density at radius 2 is 2.25 bits per heavy atom. The van der Waals surface area contributed by atoms with Crippen molar-refractivity contribution in [2.45, 2.75) is 25.3 Å². The van der Waals surface area contributed by atoms with Crippen LogP contribution in [0.1, 0.15) is 18.4 Å². The predicted molar refractivity (Wildman–Crippen MR) is 69.8 cm³/mol. The van der Waals surface area contributed by atoms with Gasteiger partial charge in [0.05, 0.1) is 0 Å². The van der Waals surface area contributed by atoms with E-state index in [-0.39, 0.29) is 6.04 Å². The minimum atomic E-state index is 0.277. The van der Waals surface area contributed by atoms with E-state index in [1.807, 2.05) is 6.08 Å². The second-order valence-electron chi connectivity index (χ2n) is 4.47. The number of benzene rings is 1. The van der Waals surface area contributed by atoms with Crippen LogP contribution in [0.4, 0.5) is 5.69 Å². The van der Waals surface area contributed by atoms with Crippen LogP contribution in [0.3, 0.4) is 0 Å². The largest absolute Gasteiger partial charge is 0.370 e. The average Bonchev–Trinajstić information content (AvgIpc) is 2.29. The molecule has 1 aliphatic heterocycles. The lowest BCUT2D eigenvalue weighted by atomic mass is 9.98. The summed E-state index contributed by atoms with van der Waals surface area (Å²) in [6, 6.07) is 8.87. The maximum atomic E-state index is 6.08. The summed E-state index contributed by atoms with van der Waals surface area (Å²) in [6.07, 6.45) is 5.22. The molecule has 0 saturated carbocycles. The predicted octanol–water partition coefficient (Wildman–Crippen LogP) is 2.34. The quantitative estimate of drug-likeness (QED) is 0.618. The Morgan fingerprint density at radius 3 is 3.06 bits per heavy atom. The molecule has 2 nitrogen and oxygen atoms in total. The van der Waals surface area contributed by atoms with Crippen LogP contribution in [0.2, 0.25) is 0 Å². The van der Waals surface area contributed by atoms with Gasteiger partial charge in [-0.2, -0.15) is 0 Å². The smallest absolute Gasteiger partial charge is 0.0399 e. The molecule has 1 unspecified atom stereocenters. The van der Waals surface area contributed by atoms with Crippen LogP contribution >= 0.6 is 0 Å². The first-order valence-corrected chi connectivity index (χ1v) is 6.00. The molecule has 2 rings (SSSR count). The highest BCUT2D eigenvalue weighted by Gasteiger charge is 2.20. The van der Waals surface area contributed by atoms with Crippen molar-refractivity contribution < 1.29 is 0 Å². The summed E-state index contributed by atoms with van der Waals surface area (Å²) >= 11 is 0. The van der Waals surface area contributed by atoms with Crippen LogP contribution in [-0.4, -0.2) is 19.1 Å². The maximum absolute atomic E-state index is 6.08. The fourth-order valence-corrected chi connectivity index (χ4v) is 2.36. The zero-order valence-electron chi connectivity index (χ0n) is 9.73. The lowest BCUT2D eigenvalue weighted by molar-refractivity contribution is 0.591. The first-order chi connectivity index (χ1) is 7.81. The van der Waals surface area contributed by atoms with E-state index in [1.54, 1.807) is 0 Å². The highest BCUT2D eigenvalue weighted by atomic mass is 15.1. The van der Waals surface area contributed by atoms with Crippen LogP contribution in [0.25, 0.3) is 0 Å². The molecule has 0 saturated heterocycles. The normalized spacial score (nSPS) is 19.3. The van der Waals surface area contributed by atoms with Crippen LogP contribution in [-0.2, 0) is 6.42 Å². The summed E-state index contributed by atoms with van der Waals surface area (Å²) in [4.78, 5) is 2.41. The third-order valence-electron chi connectivity index (χ3n) is 3.11. The molecule has 0 fully saturated rings. The van der Waals surface area contributed by atoms with Crippen LogP contribution in [0.15, 0.2) is 36.9 Å². The van der Waals surface area contributed by atoms with Crippen molar-refractivity contribution in [2.24, 2.45) is 5.73 Å². The molecule has 0 spiro atoms. The molecule has 1 atom stereocenters. The molecule has 0 amide bonds. The molecule has 1 heterocycles. The number of para-hydroxylation sites is 1. The zero-order valence-corrected chi connectivity index (χ0v) is 9.73. The molecular formula is C14H20N2. The summed E-state index contributed by atoms with van der Waals surface area (Å²) in [5, 5.41) is 0. The number of nitrogens with zero attached hydrogens (tertiary/aromatic N) is 1. The molecule has 1 aromatic rings. The molecule has 2 N–H and O–H groups in total. The Balaban J connectivity index is 2.10. The van der Waals surface area contributed by atoms with Crippen molar-refractivity contribution in [2.75, 3.05) is 18.0 Å². The Hall–Kier alpha value is -1.28. The van der Waals surface area contributed by atoms with Crippen molar-refractivity contribution >= 4 is 5.69 Å². The van der Waals surface area contributed by atoms with Gasteiger partial charge in [0, 0.05) is 24.8 Å². The molecule has 0 radical (unpaired) electrons. The molecule has 16 heavy (non-hydrogen) atoms. The van der Waals surface area contributed by atoms with Crippen molar-refractivity contribution in [3.63, 3.8) is 0 Å². The zero-order chi connectivity index (χ0) is 11.4. The molecule has 0 aromatic heterocycles. The van der Waals surface area contributed by atoms with E-state index in [1.165, 1.54) is 11.3 Å². The van der Waals surface area contributed by atoms with E-state index in [9.17, 15) is 0 Å². The van der Waals surface area contributed by atoms with Gasteiger partial charge in [-0.25, -0.2) is 0 Å². The topological polar surface area (TPSA) is 29.3 Å². The first kappa shape index (κ1) is 11.2. The summed E-state index contributed by atoms with van der Waals surface area (Å²) in [6.45, 7) is 5.82. The molecular weight excluding hydrogens is 196 g/mol. The minimum Gasteiger partial charge on any atom is -0.370 e. The number of unbranched alkanes of at least 4 members (excludes halogenated alkanes) is 1. The van der Waals surface area contributed by atoms with Gasteiger partial charge in [-0.05, 0) is 30.9 Å². The van der Waals surface area contributed by atoms with Gasteiger partial charge in [-0.1, -0.05) is 24.3 Å². The van der Waals surface area contributed by atoms with E-state index in [0.717, 1.165) is 32.4 Å². The van der Waals surface area contributed by atoms with Crippen molar-refractivity contribution in [3.8, 4) is 0 Å². The second kappa shape index (κ2) is 5.17. The molecule has 86 valence electrons.